The van der Waals surface area contributed by atoms with Gasteiger partial charge in [0.05, 0.1) is 6.54 Å². The van der Waals surface area contributed by atoms with Crippen LogP contribution in [0.1, 0.15) is 22.5 Å². The molecule has 0 aliphatic heterocycles. The van der Waals surface area contributed by atoms with Crippen molar-refractivity contribution in [3.05, 3.63) is 45.2 Å². The van der Waals surface area contributed by atoms with Crippen molar-refractivity contribution in [1.82, 2.24) is 14.8 Å². The minimum atomic E-state index is -0.138. The van der Waals surface area contributed by atoms with Gasteiger partial charge in [-0.05, 0) is 49.7 Å². The van der Waals surface area contributed by atoms with Crippen LogP contribution in [0.15, 0.2) is 12.1 Å². The first-order chi connectivity index (χ1) is 7.99. The van der Waals surface area contributed by atoms with E-state index >= 15 is 0 Å². The van der Waals surface area contributed by atoms with Gasteiger partial charge in [-0.2, -0.15) is 5.10 Å². The van der Waals surface area contributed by atoms with Crippen molar-refractivity contribution >= 4 is 12.2 Å². The average molecular weight is 251 g/mol. The SMILES string of the molecule is Cc1cc(Cn2c(C)n[nH]c2=S)cc(C)c1F. The van der Waals surface area contributed by atoms with Crippen LogP contribution in [0.3, 0.4) is 0 Å². The summed E-state index contributed by atoms with van der Waals surface area (Å²) in [6.07, 6.45) is 0. The van der Waals surface area contributed by atoms with Gasteiger partial charge in [0.1, 0.15) is 11.6 Å². The standard InChI is InChI=1S/C12H14FN3S/c1-7-4-10(5-8(2)11(7)13)6-16-9(3)14-15-12(16)17/h4-5H,6H2,1-3H3,(H,15,17). The van der Waals surface area contributed by atoms with Crippen LogP contribution in [0.4, 0.5) is 4.39 Å². The smallest absolute Gasteiger partial charge is 0.195 e. The zero-order valence-corrected chi connectivity index (χ0v) is 10.9. The highest BCUT2D eigenvalue weighted by molar-refractivity contribution is 7.71. The van der Waals surface area contributed by atoms with E-state index in [1.165, 1.54) is 0 Å². The topological polar surface area (TPSA) is 33.6 Å². The van der Waals surface area contributed by atoms with Crippen LogP contribution in [0, 0.1) is 31.4 Å². The maximum atomic E-state index is 13.5. The number of aromatic amines is 1. The fourth-order valence-corrected chi connectivity index (χ4v) is 2.13. The Bertz CT molecular complexity index is 589. The molecule has 3 nitrogen and oxygen atoms in total. The van der Waals surface area contributed by atoms with E-state index in [-0.39, 0.29) is 5.82 Å². The van der Waals surface area contributed by atoms with Crippen molar-refractivity contribution in [2.45, 2.75) is 27.3 Å². The molecule has 0 unspecified atom stereocenters. The fraction of sp³-hybridized carbons (Fsp3) is 0.333. The van der Waals surface area contributed by atoms with Crippen LogP contribution >= 0.6 is 12.2 Å². The molecule has 0 aliphatic carbocycles. The Kier molecular flexibility index (Phi) is 3.11. The summed E-state index contributed by atoms with van der Waals surface area (Å²) in [5, 5.41) is 6.79. The van der Waals surface area contributed by atoms with Gasteiger partial charge in [0.25, 0.3) is 0 Å². The summed E-state index contributed by atoms with van der Waals surface area (Å²) >= 11 is 5.13. The Morgan fingerprint density at radius 1 is 1.29 bits per heavy atom. The predicted octanol–water partition coefficient (Wildman–Crippen LogP) is 3.05. The van der Waals surface area contributed by atoms with Gasteiger partial charge in [-0.15, -0.1) is 0 Å². The second kappa shape index (κ2) is 4.41. The molecule has 1 heterocycles. The minimum Gasteiger partial charge on any atom is -0.300 e. The molecule has 0 spiro atoms. The summed E-state index contributed by atoms with van der Waals surface area (Å²) in [6, 6.07) is 3.69. The number of rotatable bonds is 2. The van der Waals surface area contributed by atoms with Crippen molar-refractivity contribution < 1.29 is 4.39 Å². The maximum Gasteiger partial charge on any atom is 0.195 e. The van der Waals surface area contributed by atoms with Crippen LogP contribution in [0.2, 0.25) is 0 Å². The van der Waals surface area contributed by atoms with E-state index in [0.717, 1.165) is 11.4 Å². The van der Waals surface area contributed by atoms with E-state index in [2.05, 4.69) is 10.2 Å². The molecule has 0 fully saturated rings. The lowest BCUT2D eigenvalue weighted by Crippen LogP contribution is -2.03. The molecule has 1 aromatic carbocycles. The minimum absolute atomic E-state index is 0.138. The number of H-pyrrole nitrogens is 1. The molecule has 2 aromatic rings. The molecule has 1 aromatic heterocycles. The number of benzene rings is 1. The van der Waals surface area contributed by atoms with Gasteiger partial charge >= 0.3 is 0 Å². The molecular formula is C12H14FN3S. The van der Waals surface area contributed by atoms with Gasteiger partial charge < -0.3 is 0 Å². The van der Waals surface area contributed by atoms with Crippen LogP contribution in [-0.4, -0.2) is 14.8 Å². The molecule has 0 bridgehead atoms. The molecule has 2 rings (SSSR count). The first-order valence-electron chi connectivity index (χ1n) is 5.36. The summed E-state index contributed by atoms with van der Waals surface area (Å²) < 4.78 is 16.0. The van der Waals surface area contributed by atoms with Gasteiger partial charge in [-0.25, -0.2) is 4.39 Å². The van der Waals surface area contributed by atoms with Crippen molar-refractivity contribution in [2.24, 2.45) is 0 Å². The van der Waals surface area contributed by atoms with Crippen molar-refractivity contribution in [3.8, 4) is 0 Å². The molecule has 0 aliphatic rings. The molecule has 0 radical (unpaired) electrons. The molecule has 0 saturated heterocycles. The lowest BCUT2D eigenvalue weighted by atomic mass is 10.1. The summed E-state index contributed by atoms with van der Waals surface area (Å²) in [4.78, 5) is 0. The molecule has 17 heavy (non-hydrogen) atoms. The monoisotopic (exact) mass is 251 g/mol. The summed E-state index contributed by atoms with van der Waals surface area (Å²) in [5.41, 5.74) is 2.35. The zero-order chi connectivity index (χ0) is 12.6. The van der Waals surface area contributed by atoms with Crippen molar-refractivity contribution in [2.75, 3.05) is 0 Å². The number of hydrogen-bond acceptors (Lipinski definition) is 2. The Morgan fingerprint density at radius 3 is 2.35 bits per heavy atom. The van der Waals surface area contributed by atoms with E-state index in [1.807, 2.05) is 23.6 Å². The first kappa shape index (κ1) is 12.0. The highest BCUT2D eigenvalue weighted by Crippen LogP contribution is 2.16. The largest absolute Gasteiger partial charge is 0.300 e. The molecule has 0 atom stereocenters. The molecular weight excluding hydrogens is 237 g/mol. The second-order valence-electron chi connectivity index (χ2n) is 4.21. The quantitative estimate of drug-likeness (QED) is 0.832. The van der Waals surface area contributed by atoms with E-state index in [1.54, 1.807) is 13.8 Å². The maximum absolute atomic E-state index is 13.5. The van der Waals surface area contributed by atoms with Gasteiger partial charge in [0, 0.05) is 0 Å². The van der Waals surface area contributed by atoms with Gasteiger partial charge in [0.15, 0.2) is 4.77 Å². The highest BCUT2D eigenvalue weighted by Gasteiger charge is 2.07. The van der Waals surface area contributed by atoms with E-state index < -0.39 is 0 Å². The molecule has 1 N–H and O–H groups in total. The molecule has 0 saturated carbocycles. The fourth-order valence-electron chi connectivity index (χ4n) is 1.89. The van der Waals surface area contributed by atoms with Crippen LogP contribution < -0.4 is 0 Å². The number of halogens is 1. The Morgan fingerprint density at radius 2 is 1.88 bits per heavy atom. The van der Waals surface area contributed by atoms with Gasteiger partial charge in [-0.1, -0.05) is 12.1 Å². The summed E-state index contributed by atoms with van der Waals surface area (Å²) in [7, 11) is 0. The average Bonchev–Trinajstić information content (AvgIpc) is 2.57. The van der Waals surface area contributed by atoms with Gasteiger partial charge in [0.2, 0.25) is 0 Å². The van der Waals surface area contributed by atoms with E-state index in [0.29, 0.717) is 22.4 Å². The van der Waals surface area contributed by atoms with Crippen LogP contribution in [0.5, 0.6) is 0 Å². The third kappa shape index (κ3) is 2.29. The molecule has 90 valence electrons. The van der Waals surface area contributed by atoms with E-state index in [9.17, 15) is 4.39 Å². The lowest BCUT2D eigenvalue weighted by Gasteiger charge is -2.08. The lowest BCUT2D eigenvalue weighted by molar-refractivity contribution is 0.607. The highest BCUT2D eigenvalue weighted by atomic mass is 32.1. The number of nitrogens with one attached hydrogen (secondary N) is 1. The Hall–Kier alpha value is -1.49. The van der Waals surface area contributed by atoms with Gasteiger partial charge in [-0.3, -0.25) is 9.67 Å². The number of aromatic nitrogens is 3. The summed E-state index contributed by atoms with van der Waals surface area (Å²) in [6.45, 7) is 6.04. The zero-order valence-electron chi connectivity index (χ0n) is 10.0. The predicted molar refractivity (Wildman–Crippen MR) is 67.1 cm³/mol. The van der Waals surface area contributed by atoms with E-state index in [4.69, 9.17) is 12.2 Å². The van der Waals surface area contributed by atoms with Crippen molar-refractivity contribution in [1.29, 1.82) is 0 Å². The number of hydrogen-bond donors (Lipinski definition) is 1. The normalized spacial score (nSPS) is 10.8. The number of nitrogens with zero attached hydrogens (tertiary/aromatic N) is 2. The third-order valence-corrected chi connectivity index (χ3v) is 3.10. The Balaban J connectivity index is 2.41. The summed E-state index contributed by atoms with van der Waals surface area (Å²) in [5.74, 6) is 0.691. The first-order valence-corrected chi connectivity index (χ1v) is 5.77. The number of aryl methyl sites for hydroxylation is 3. The Labute approximate surface area is 104 Å². The third-order valence-electron chi connectivity index (χ3n) is 2.79. The van der Waals surface area contributed by atoms with Crippen molar-refractivity contribution in [3.63, 3.8) is 0 Å². The van der Waals surface area contributed by atoms with Crippen LogP contribution in [-0.2, 0) is 6.54 Å². The molecule has 0 amide bonds. The molecule has 5 heteroatoms. The second-order valence-corrected chi connectivity index (χ2v) is 4.59. The van der Waals surface area contributed by atoms with Crippen LogP contribution in [0.25, 0.3) is 0 Å².